The molecule has 0 saturated heterocycles. The Morgan fingerprint density at radius 2 is 1.65 bits per heavy atom. The molecule has 1 atom stereocenters. The molecule has 1 unspecified atom stereocenters. The zero-order valence-corrected chi connectivity index (χ0v) is 9.82. The number of benzene rings is 1. The van der Waals surface area contributed by atoms with Gasteiger partial charge in [-0.25, -0.2) is 4.21 Å². The number of Topliss-reactive ketones (excluding diaryl/α,β-unsaturated/α-hetero) is 1. The molecule has 1 aromatic carbocycles. The van der Waals surface area contributed by atoms with Gasteiger partial charge in [-0.05, 0) is 19.1 Å². The van der Waals surface area contributed by atoms with Crippen molar-refractivity contribution in [3.8, 4) is 0 Å². The number of rotatable bonds is 3. The zero-order chi connectivity index (χ0) is 12.6. The van der Waals surface area contributed by atoms with E-state index in [-0.39, 0.29) is 22.7 Å². The molecule has 1 heterocycles. The van der Waals surface area contributed by atoms with E-state index >= 15 is 0 Å². The molecular weight excluding hydrogens is 242 g/mol. The van der Waals surface area contributed by atoms with Crippen molar-refractivity contribution >= 4 is 28.6 Å². The topological polar surface area (TPSA) is 71.5 Å². The monoisotopic (exact) mass is 251 g/mol. The van der Waals surface area contributed by atoms with Crippen LogP contribution in [0.15, 0.2) is 24.3 Å². The minimum Gasteiger partial charge on any atom is -0.299 e. The summed E-state index contributed by atoms with van der Waals surface area (Å²) in [5.74, 6) is -1.87. The number of hydrogen-bond acceptors (Lipinski definition) is 4. The van der Waals surface area contributed by atoms with E-state index in [1.54, 1.807) is 12.1 Å². The second-order valence-corrected chi connectivity index (χ2v) is 4.91. The molecule has 0 aliphatic carbocycles. The Labute approximate surface area is 100 Å². The number of carbonyl (C=O) groups excluding carboxylic acids is 3. The number of amides is 2. The summed E-state index contributed by atoms with van der Waals surface area (Å²) in [7, 11) is -1.93. The van der Waals surface area contributed by atoms with Gasteiger partial charge in [-0.15, -0.1) is 0 Å². The third kappa shape index (κ3) is 1.91. The van der Waals surface area contributed by atoms with E-state index in [1.807, 2.05) is 0 Å². The van der Waals surface area contributed by atoms with Gasteiger partial charge in [0.05, 0.1) is 11.1 Å². The minimum absolute atomic E-state index is 0.231. The van der Waals surface area contributed by atoms with Gasteiger partial charge in [-0.3, -0.25) is 14.4 Å². The molecule has 5 nitrogen and oxygen atoms in total. The van der Waals surface area contributed by atoms with E-state index in [9.17, 15) is 18.6 Å². The third-order valence-electron chi connectivity index (χ3n) is 2.29. The van der Waals surface area contributed by atoms with E-state index < -0.39 is 22.8 Å². The minimum atomic E-state index is -1.93. The van der Waals surface area contributed by atoms with Crippen molar-refractivity contribution in [1.82, 2.24) is 4.31 Å². The van der Waals surface area contributed by atoms with E-state index in [1.165, 1.54) is 19.1 Å². The number of carbonyl (C=O) groups is 3. The average molecular weight is 251 g/mol. The van der Waals surface area contributed by atoms with Gasteiger partial charge in [0, 0.05) is 0 Å². The van der Waals surface area contributed by atoms with E-state index in [2.05, 4.69) is 0 Å². The van der Waals surface area contributed by atoms with Gasteiger partial charge in [0.1, 0.15) is 22.5 Å². The molecule has 0 spiro atoms. The molecule has 0 radical (unpaired) electrons. The lowest BCUT2D eigenvalue weighted by Crippen LogP contribution is -2.34. The van der Waals surface area contributed by atoms with Gasteiger partial charge in [0.2, 0.25) is 0 Å². The van der Waals surface area contributed by atoms with Gasteiger partial charge in [0.15, 0.2) is 0 Å². The average Bonchev–Trinajstić information content (AvgIpc) is 2.51. The molecule has 88 valence electrons. The molecular formula is C11H9NO4S. The van der Waals surface area contributed by atoms with Gasteiger partial charge < -0.3 is 0 Å². The molecule has 2 rings (SSSR count). The maximum atomic E-state index is 11.8. The highest BCUT2D eigenvalue weighted by Crippen LogP contribution is 2.23. The summed E-state index contributed by atoms with van der Waals surface area (Å²) in [4.78, 5) is 34.5. The van der Waals surface area contributed by atoms with Crippen LogP contribution in [0.5, 0.6) is 0 Å². The normalized spacial score (nSPS) is 15.9. The lowest BCUT2D eigenvalue weighted by atomic mass is 10.1. The van der Waals surface area contributed by atoms with Crippen molar-refractivity contribution in [1.29, 1.82) is 0 Å². The van der Waals surface area contributed by atoms with Crippen LogP contribution in [0.3, 0.4) is 0 Å². The standard InChI is InChI=1S/C11H9NO4S/c1-7(13)6-17(16)12-10(14)8-4-2-3-5-9(8)11(12)15/h2-5H,6H2,1H3. The molecule has 2 amide bonds. The summed E-state index contributed by atoms with van der Waals surface area (Å²) in [5, 5.41) is 0. The summed E-state index contributed by atoms with van der Waals surface area (Å²) >= 11 is 0. The lowest BCUT2D eigenvalue weighted by molar-refractivity contribution is -0.114. The van der Waals surface area contributed by atoms with E-state index in [0.29, 0.717) is 4.31 Å². The number of ketones is 1. The number of imide groups is 1. The van der Waals surface area contributed by atoms with Crippen molar-refractivity contribution in [3.63, 3.8) is 0 Å². The van der Waals surface area contributed by atoms with Crippen LogP contribution < -0.4 is 0 Å². The predicted octanol–water partition coefficient (Wildman–Crippen LogP) is 0.535. The Morgan fingerprint density at radius 1 is 1.18 bits per heavy atom. The molecule has 1 aromatic rings. The summed E-state index contributed by atoms with van der Waals surface area (Å²) in [6.45, 7) is 1.26. The fraction of sp³-hybridized carbons (Fsp3) is 0.182. The first kappa shape index (κ1) is 11.7. The summed E-state index contributed by atoms with van der Waals surface area (Å²) < 4.78 is 12.4. The van der Waals surface area contributed by atoms with Crippen molar-refractivity contribution in [3.05, 3.63) is 35.4 Å². The number of nitrogens with zero attached hydrogens (tertiary/aromatic N) is 1. The Kier molecular flexibility index (Phi) is 2.89. The molecule has 0 saturated carbocycles. The van der Waals surface area contributed by atoms with Gasteiger partial charge in [0.25, 0.3) is 11.8 Å². The van der Waals surface area contributed by atoms with Gasteiger partial charge in [-0.1, -0.05) is 12.1 Å². The van der Waals surface area contributed by atoms with Crippen LogP contribution in [-0.2, 0) is 15.8 Å². The summed E-state index contributed by atoms with van der Waals surface area (Å²) in [6.07, 6.45) is 0. The smallest absolute Gasteiger partial charge is 0.273 e. The molecule has 6 heteroatoms. The van der Waals surface area contributed by atoms with Crippen LogP contribution in [0.1, 0.15) is 27.6 Å². The molecule has 0 fully saturated rings. The molecule has 17 heavy (non-hydrogen) atoms. The Morgan fingerprint density at radius 3 is 2.06 bits per heavy atom. The third-order valence-corrected chi connectivity index (χ3v) is 3.68. The first-order valence-electron chi connectivity index (χ1n) is 4.88. The Bertz CT molecular complexity index is 517. The highest BCUT2D eigenvalue weighted by atomic mass is 32.2. The van der Waals surface area contributed by atoms with Crippen molar-refractivity contribution in [2.45, 2.75) is 6.92 Å². The quantitative estimate of drug-likeness (QED) is 0.735. The molecule has 0 N–H and O–H groups in total. The fourth-order valence-electron chi connectivity index (χ4n) is 1.59. The van der Waals surface area contributed by atoms with Crippen molar-refractivity contribution in [2.75, 3.05) is 5.75 Å². The van der Waals surface area contributed by atoms with Crippen LogP contribution in [-0.4, -0.2) is 31.9 Å². The zero-order valence-electron chi connectivity index (χ0n) is 9.00. The lowest BCUT2D eigenvalue weighted by Gasteiger charge is -2.10. The van der Waals surface area contributed by atoms with Crippen LogP contribution >= 0.6 is 0 Å². The van der Waals surface area contributed by atoms with Gasteiger partial charge in [-0.2, -0.15) is 4.31 Å². The maximum absolute atomic E-state index is 11.8. The fourth-order valence-corrected chi connectivity index (χ4v) is 2.63. The SMILES string of the molecule is CC(=O)CS(=O)N1C(=O)c2ccccc2C1=O. The highest BCUT2D eigenvalue weighted by Gasteiger charge is 2.39. The molecule has 0 aromatic heterocycles. The van der Waals surface area contributed by atoms with Crippen molar-refractivity contribution < 1.29 is 18.6 Å². The van der Waals surface area contributed by atoms with E-state index in [0.717, 1.165) is 0 Å². The van der Waals surface area contributed by atoms with Crippen LogP contribution in [0.25, 0.3) is 0 Å². The van der Waals surface area contributed by atoms with Crippen molar-refractivity contribution in [2.24, 2.45) is 0 Å². The summed E-state index contributed by atoms with van der Waals surface area (Å²) in [6, 6.07) is 6.25. The second kappa shape index (κ2) is 4.21. The number of hydrogen-bond donors (Lipinski definition) is 0. The van der Waals surface area contributed by atoms with E-state index in [4.69, 9.17) is 0 Å². The number of fused-ring (bicyclic) bond motifs is 1. The van der Waals surface area contributed by atoms with Crippen LogP contribution in [0.4, 0.5) is 0 Å². The Hall–Kier alpha value is -1.82. The highest BCUT2D eigenvalue weighted by molar-refractivity contribution is 7.84. The largest absolute Gasteiger partial charge is 0.299 e. The van der Waals surface area contributed by atoms with Crippen LogP contribution in [0.2, 0.25) is 0 Å². The van der Waals surface area contributed by atoms with Crippen LogP contribution in [0, 0.1) is 0 Å². The summed E-state index contributed by atoms with van der Waals surface area (Å²) in [5.41, 5.74) is 0.462. The molecule has 1 aliphatic heterocycles. The van der Waals surface area contributed by atoms with Gasteiger partial charge >= 0.3 is 0 Å². The first-order valence-corrected chi connectivity index (χ1v) is 6.15. The molecule has 0 bridgehead atoms. The second-order valence-electron chi connectivity index (χ2n) is 3.62. The maximum Gasteiger partial charge on any atom is 0.273 e. The first-order chi connectivity index (χ1) is 8.02. The predicted molar refractivity (Wildman–Crippen MR) is 60.6 cm³/mol. The Balaban J connectivity index is 2.36. The molecule has 1 aliphatic rings.